The molecule has 0 radical (unpaired) electrons. The van der Waals surface area contributed by atoms with Gasteiger partial charge in [0.1, 0.15) is 29.6 Å². The third-order valence-corrected chi connectivity index (χ3v) is 6.84. The molecule has 0 heterocycles. The van der Waals surface area contributed by atoms with Crippen LogP contribution in [0, 0.1) is 0 Å². The SMILES string of the molecule is NC(CS)C(=O)NC(Cc1ccc(O)cc1)C(=O)NC(Cc1ccccc1)C(=O)NC(Cc1ccc(O)cc1)C(=O)O. The van der Waals surface area contributed by atoms with Crippen LogP contribution in [0.3, 0.4) is 0 Å². The van der Waals surface area contributed by atoms with Crippen LogP contribution in [0.1, 0.15) is 16.7 Å². The standard InChI is InChI=1S/C30H34N4O7S/c31-23(17-42)27(37)32-24(15-19-6-10-21(35)11-7-19)28(38)33-25(14-18-4-2-1-3-5-18)29(39)34-26(30(40)41)16-20-8-12-22(36)13-9-20/h1-13,23-26,35-36,42H,14-17,31H2,(H,32,37)(H,33,38)(H,34,39)(H,40,41). The Morgan fingerprint density at radius 2 is 1.00 bits per heavy atom. The van der Waals surface area contributed by atoms with Gasteiger partial charge in [0.2, 0.25) is 17.7 Å². The molecule has 11 nitrogen and oxygen atoms in total. The molecule has 0 saturated carbocycles. The van der Waals surface area contributed by atoms with Crippen LogP contribution in [0.25, 0.3) is 0 Å². The molecule has 0 saturated heterocycles. The van der Waals surface area contributed by atoms with Gasteiger partial charge in [0, 0.05) is 25.0 Å². The summed E-state index contributed by atoms with van der Waals surface area (Å²) in [5, 5.41) is 36.7. The fourth-order valence-electron chi connectivity index (χ4n) is 4.11. The Labute approximate surface area is 248 Å². The van der Waals surface area contributed by atoms with Gasteiger partial charge in [-0.1, -0.05) is 54.6 Å². The molecule has 0 spiro atoms. The number of carboxylic acids is 1. The largest absolute Gasteiger partial charge is 0.508 e. The number of nitrogens with two attached hydrogens (primary N) is 1. The number of carbonyl (C=O) groups is 4. The third-order valence-electron chi connectivity index (χ3n) is 6.45. The first-order valence-corrected chi connectivity index (χ1v) is 13.8. The van der Waals surface area contributed by atoms with E-state index in [0.717, 1.165) is 0 Å². The van der Waals surface area contributed by atoms with Crippen molar-refractivity contribution in [1.82, 2.24) is 16.0 Å². The normalized spacial score (nSPS) is 13.7. The van der Waals surface area contributed by atoms with Crippen molar-refractivity contribution in [2.24, 2.45) is 5.73 Å². The fourth-order valence-corrected chi connectivity index (χ4v) is 4.28. The van der Waals surface area contributed by atoms with E-state index in [1.165, 1.54) is 24.3 Å². The lowest BCUT2D eigenvalue weighted by molar-refractivity contribution is -0.142. The fraction of sp³-hybridized carbons (Fsp3) is 0.267. The van der Waals surface area contributed by atoms with Crippen LogP contribution in [0.2, 0.25) is 0 Å². The van der Waals surface area contributed by atoms with E-state index >= 15 is 0 Å². The molecule has 0 aromatic heterocycles. The second-order valence-electron chi connectivity index (χ2n) is 9.74. The zero-order chi connectivity index (χ0) is 30.6. The average Bonchev–Trinajstić information content (AvgIpc) is 2.98. The Morgan fingerprint density at radius 3 is 1.43 bits per heavy atom. The number of rotatable bonds is 14. The van der Waals surface area contributed by atoms with Crippen LogP contribution in [0.15, 0.2) is 78.9 Å². The van der Waals surface area contributed by atoms with Crippen molar-refractivity contribution >= 4 is 36.3 Å². The van der Waals surface area contributed by atoms with Crippen LogP contribution in [-0.4, -0.2) is 68.9 Å². The highest BCUT2D eigenvalue weighted by Crippen LogP contribution is 2.14. The summed E-state index contributed by atoms with van der Waals surface area (Å²) in [7, 11) is 0. The smallest absolute Gasteiger partial charge is 0.326 e. The summed E-state index contributed by atoms with van der Waals surface area (Å²) in [5.74, 6) is -3.24. The summed E-state index contributed by atoms with van der Waals surface area (Å²) in [6.07, 6.45) is 0.00389. The van der Waals surface area contributed by atoms with Crippen molar-refractivity contribution in [3.05, 3.63) is 95.6 Å². The van der Waals surface area contributed by atoms with Gasteiger partial charge in [-0.3, -0.25) is 14.4 Å². The summed E-state index contributed by atoms with van der Waals surface area (Å²) in [5.41, 5.74) is 7.70. The van der Waals surface area contributed by atoms with Gasteiger partial charge in [-0.25, -0.2) is 4.79 Å². The lowest BCUT2D eigenvalue weighted by atomic mass is 10.0. The molecule has 12 heteroatoms. The second-order valence-corrected chi connectivity index (χ2v) is 10.1. The summed E-state index contributed by atoms with van der Waals surface area (Å²) in [6, 6.07) is 16.2. The molecular formula is C30H34N4O7S. The van der Waals surface area contributed by atoms with Gasteiger partial charge in [-0.05, 0) is 41.0 Å². The van der Waals surface area contributed by atoms with Gasteiger partial charge in [-0.15, -0.1) is 0 Å². The number of hydrogen-bond donors (Lipinski definition) is 8. The second kappa shape index (κ2) is 15.5. The predicted octanol–water partition coefficient (Wildman–Crippen LogP) is 0.922. The predicted molar refractivity (Wildman–Crippen MR) is 159 cm³/mol. The molecule has 3 aromatic carbocycles. The Bertz CT molecular complexity index is 1350. The summed E-state index contributed by atoms with van der Waals surface area (Å²) < 4.78 is 0. The molecule has 0 fully saturated rings. The number of aliphatic carboxylic acids is 1. The maximum atomic E-state index is 13.6. The van der Waals surface area contributed by atoms with Crippen molar-refractivity contribution in [3.8, 4) is 11.5 Å². The number of thiol groups is 1. The number of hydrogen-bond acceptors (Lipinski definition) is 8. The van der Waals surface area contributed by atoms with E-state index in [9.17, 15) is 34.5 Å². The van der Waals surface area contributed by atoms with Crippen molar-refractivity contribution in [1.29, 1.82) is 0 Å². The first-order chi connectivity index (χ1) is 20.0. The van der Waals surface area contributed by atoms with E-state index in [4.69, 9.17) is 5.73 Å². The molecule has 0 aliphatic carbocycles. The Morgan fingerprint density at radius 1 is 0.619 bits per heavy atom. The minimum absolute atomic E-state index is 0.0181. The number of nitrogens with one attached hydrogen (secondary N) is 3. The molecule has 4 atom stereocenters. The number of aromatic hydroxyl groups is 2. The van der Waals surface area contributed by atoms with Gasteiger partial charge >= 0.3 is 5.97 Å². The lowest BCUT2D eigenvalue weighted by Crippen LogP contribution is -2.58. The number of amides is 3. The number of carbonyl (C=O) groups excluding carboxylic acids is 3. The molecular weight excluding hydrogens is 560 g/mol. The highest BCUT2D eigenvalue weighted by Gasteiger charge is 2.30. The zero-order valence-corrected chi connectivity index (χ0v) is 23.5. The van der Waals surface area contributed by atoms with Crippen LogP contribution in [-0.2, 0) is 38.4 Å². The number of benzene rings is 3. The molecule has 0 bridgehead atoms. The van der Waals surface area contributed by atoms with Gasteiger partial charge in [0.15, 0.2) is 0 Å². The molecule has 0 aliphatic heterocycles. The molecule has 8 N–H and O–H groups in total. The van der Waals surface area contributed by atoms with E-state index in [-0.39, 0.29) is 36.5 Å². The Kier molecular flexibility index (Phi) is 11.8. The van der Waals surface area contributed by atoms with Gasteiger partial charge in [0.25, 0.3) is 0 Å². The minimum Gasteiger partial charge on any atom is -0.508 e. The summed E-state index contributed by atoms with van der Waals surface area (Å²) >= 11 is 4.04. The van der Waals surface area contributed by atoms with Crippen LogP contribution < -0.4 is 21.7 Å². The zero-order valence-electron chi connectivity index (χ0n) is 22.6. The van der Waals surface area contributed by atoms with E-state index < -0.39 is 47.9 Å². The van der Waals surface area contributed by atoms with E-state index in [0.29, 0.717) is 16.7 Å². The molecule has 222 valence electrons. The van der Waals surface area contributed by atoms with Crippen molar-refractivity contribution in [3.63, 3.8) is 0 Å². The minimum atomic E-state index is -1.32. The summed E-state index contributed by atoms with van der Waals surface area (Å²) in [6.45, 7) is 0. The van der Waals surface area contributed by atoms with Crippen molar-refractivity contribution in [2.45, 2.75) is 43.4 Å². The van der Waals surface area contributed by atoms with Crippen molar-refractivity contribution in [2.75, 3.05) is 5.75 Å². The Hall–Kier alpha value is -4.55. The topological polar surface area (TPSA) is 191 Å². The average molecular weight is 595 g/mol. The number of carboxylic acid groups (broad SMARTS) is 1. The van der Waals surface area contributed by atoms with E-state index in [1.54, 1.807) is 54.6 Å². The van der Waals surface area contributed by atoms with Crippen LogP contribution in [0.4, 0.5) is 0 Å². The van der Waals surface area contributed by atoms with E-state index in [1.807, 2.05) is 0 Å². The van der Waals surface area contributed by atoms with Gasteiger partial charge in [-0.2, -0.15) is 12.6 Å². The van der Waals surface area contributed by atoms with Crippen LogP contribution in [0.5, 0.6) is 11.5 Å². The van der Waals surface area contributed by atoms with Gasteiger partial charge in [0.05, 0.1) is 6.04 Å². The number of phenolic OH excluding ortho intramolecular Hbond substituents is 2. The molecule has 0 aliphatic rings. The lowest BCUT2D eigenvalue weighted by Gasteiger charge is -2.25. The monoisotopic (exact) mass is 594 g/mol. The first-order valence-electron chi connectivity index (χ1n) is 13.2. The molecule has 3 amide bonds. The molecule has 3 rings (SSSR count). The summed E-state index contributed by atoms with van der Waals surface area (Å²) in [4.78, 5) is 51.6. The highest BCUT2D eigenvalue weighted by atomic mass is 32.1. The molecule has 3 aromatic rings. The van der Waals surface area contributed by atoms with Crippen molar-refractivity contribution < 1.29 is 34.5 Å². The Balaban J connectivity index is 1.84. The third kappa shape index (κ3) is 9.82. The highest BCUT2D eigenvalue weighted by molar-refractivity contribution is 7.80. The molecule has 4 unspecified atom stereocenters. The maximum absolute atomic E-state index is 13.6. The maximum Gasteiger partial charge on any atom is 0.326 e. The first kappa shape index (κ1) is 32.0. The molecule has 42 heavy (non-hydrogen) atoms. The van der Waals surface area contributed by atoms with Gasteiger partial charge < -0.3 is 37.0 Å². The quantitative estimate of drug-likeness (QED) is 0.126. The van der Waals surface area contributed by atoms with E-state index in [2.05, 4.69) is 28.6 Å². The number of phenols is 2. The van der Waals surface area contributed by atoms with Crippen LogP contribution >= 0.6 is 12.6 Å².